The van der Waals surface area contributed by atoms with E-state index in [2.05, 4.69) is 30.2 Å². The zero-order chi connectivity index (χ0) is 13.8. The molecular weight excluding hydrogens is 238 g/mol. The van der Waals surface area contributed by atoms with Gasteiger partial charge in [-0.3, -0.25) is 4.68 Å². The molecule has 98 valence electrons. The topological polar surface area (TPSA) is 80.5 Å². The molecule has 5 nitrogen and oxygen atoms in total. The minimum absolute atomic E-state index is 0.0653. The van der Waals surface area contributed by atoms with Crippen molar-refractivity contribution in [1.29, 1.82) is 5.26 Å². The monoisotopic (exact) mass is 255 g/mol. The highest BCUT2D eigenvalue weighted by atomic mass is 15.4. The normalized spacial score (nSPS) is 12.4. The van der Waals surface area contributed by atoms with Gasteiger partial charge in [0.2, 0.25) is 0 Å². The lowest BCUT2D eigenvalue weighted by atomic mass is 10.1. The summed E-state index contributed by atoms with van der Waals surface area (Å²) in [4.78, 5) is 0. The molecule has 2 aromatic rings. The zero-order valence-corrected chi connectivity index (χ0v) is 11.1. The molecule has 1 unspecified atom stereocenters. The lowest BCUT2D eigenvalue weighted by molar-refractivity contribution is 0.408. The highest BCUT2D eigenvalue weighted by Crippen LogP contribution is 2.16. The zero-order valence-electron chi connectivity index (χ0n) is 11.1. The van der Waals surface area contributed by atoms with Gasteiger partial charge in [0, 0.05) is 11.6 Å². The number of hydrogen-bond donors (Lipinski definition) is 1. The molecule has 19 heavy (non-hydrogen) atoms. The number of hydrogen-bond acceptors (Lipinski definition) is 4. The summed E-state index contributed by atoms with van der Waals surface area (Å²) in [5.41, 5.74) is 8.39. The Bertz CT molecular complexity index is 577. The first-order chi connectivity index (χ1) is 9.10. The van der Waals surface area contributed by atoms with Crippen molar-refractivity contribution < 1.29 is 0 Å². The molecule has 1 atom stereocenters. The van der Waals surface area contributed by atoms with Gasteiger partial charge in [-0.2, -0.15) is 5.26 Å². The van der Waals surface area contributed by atoms with Crippen LogP contribution in [0.15, 0.2) is 30.5 Å². The average Bonchev–Trinajstić information content (AvgIpc) is 2.87. The summed E-state index contributed by atoms with van der Waals surface area (Å²) >= 11 is 0. The van der Waals surface area contributed by atoms with Crippen molar-refractivity contribution >= 4 is 0 Å². The molecule has 2 N–H and O–H groups in total. The third-order valence-electron chi connectivity index (χ3n) is 3.10. The summed E-state index contributed by atoms with van der Waals surface area (Å²) < 4.78 is 1.76. The van der Waals surface area contributed by atoms with Crippen LogP contribution in [0, 0.1) is 17.2 Å². The fraction of sp³-hybridized carbons (Fsp3) is 0.357. The van der Waals surface area contributed by atoms with Crippen molar-refractivity contribution in [2.45, 2.75) is 26.4 Å². The average molecular weight is 255 g/mol. The van der Waals surface area contributed by atoms with Crippen LogP contribution < -0.4 is 5.73 Å². The number of nitrogens with zero attached hydrogens (tertiary/aromatic N) is 4. The minimum Gasteiger partial charge on any atom is -0.326 e. The van der Waals surface area contributed by atoms with Gasteiger partial charge in [-0.25, -0.2) is 0 Å². The smallest absolute Gasteiger partial charge is 0.113 e. The highest BCUT2D eigenvalue weighted by molar-refractivity contribution is 5.58. The number of nitrogens with two attached hydrogens (primary N) is 1. The van der Waals surface area contributed by atoms with Crippen LogP contribution in [0.5, 0.6) is 0 Å². The quantitative estimate of drug-likeness (QED) is 0.903. The van der Waals surface area contributed by atoms with Crippen LogP contribution >= 0.6 is 0 Å². The SMILES string of the molecule is CC(C)C(N)Cn1cc(-c2ccc(C#N)cc2)nn1. The third-order valence-corrected chi connectivity index (χ3v) is 3.10. The van der Waals surface area contributed by atoms with Crippen LogP contribution in [0.3, 0.4) is 0 Å². The highest BCUT2D eigenvalue weighted by Gasteiger charge is 2.10. The van der Waals surface area contributed by atoms with Crippen molar-refractivity contribution in [2.75, 3.05) is 0 Å². The van der Waals surface area contributed by atoms with E-state index < -0.39 is 0 Å². The van der Waals surface area contributed by atoms with Crippen molar-refractivity contribution in [3.8, 4) is 17.3 Å². The van der Waals surface area contributed by atoms with E-state index in [0.717, 1.165) is 11.3 Å². The second-order valence-electron chi connectivity index (χ2n) is 4.92. The van der Waals surface area contributed by atoms with E-state index in [9.17, 15) is 0 Å². The Balaban J connectivity index is 2.14. The maximum Gasteiger partial charge on any atom is 0.113 e. The Hall–Kier alpha value is -2.19. The molecule has 0 bridgehead atoms. The third kappa shape index (κ3) is 3.18. The van der Waals surface area contributed by atoms with Gasteiger partial charge in [-0.1, -0.05) is 31.2 Å². The van der Waals surface area contributed by atoms with E-state index in [1.165, 1.54) is 0 Å². The summed E-state index contributed by atoms with van der Waals surface area (Å²) in [5, 5.41) is 17.0. The van der Waals surface area contributed by atoms with Crippen LogP contribution in [-0.2, 0) is 6.54 Å². The van der Waals surface area contributed by atoms with E-state index in [1.807, 2.05) is 18.3 Å². The Labute approximate surface area is 112 Å². The van der Waals surface area contributed by atoms with Crippen LogP contribution in [0.25, 0.3) is 11.3 Å². The molecule has 0 spiro atoms. The predicted octanol–water partition coefficient (Wildman–Crippen LogP) is 1.80. The van der Waals surface area contributed by atoms with Crippen molar-refractivity contribution in [3.63, 3.8) is 0 Å². The fourth-order valence-corrected chi connectivity index (χ4v) is 1.66. The first-order valence-corrected chi connectivity index (χ1v) is 6.26. The van der Waals surface area contributed by atoms with E-state index in [-0.39, 0.29) is 6.04 Å². The Kier molecular flexibility index (Phi) is 3.93. The maximum absolute atomic E-state index is 8.76. The molecule has 1 aromatic carbocycles. The molecule has 0 aliphatic rings. The molecule has 5 heteroatoms. The van der Waals surface area contributed by atoms with Crippen molar-refractivity contribution in [1.82, 2.24) is 15.0 Å². The Morgan fingerprint density at radius 1 is 1.32 bits per heavy atom. The summed E-state index contributed by atoms with van der Waals surface area (Å²) in [7, 11) is 0. The summed E-state index contributed by atoms with van der Waals surface area (Å²) in [6, 6.07) is 9.44. The van der Waals surface area contributed by atoms with Crippen LogP contribution in [0.1, 0.15) is 19.4 Å². The molecule has 0 saturated heterocycles. The van der Waals surface area contributed by atoms with Crippen LogP contribution in [0.2, 0.25) is 0 Å². The Morgan fingerprint density at radius 3 is 2.58 bits per heavy atom. The predicted molar refractivity (Wildman–Crippen MR) is 73.0 cm³/mol. The van der Waals surface area contributed by atoms with E-state index in [4.69, 9.17) is 11.0 Å². The van der Waals surface area contributed by atoms with Gasteiger partial charge in [0.15, 0.2) is 0 Å². The van der Waals surface area contributed by atoms with Crippen LogP contribution in [-0.4, -0.2) is 21.0 Å². The molecule has 0 aliphatic heterocycles. The van der Waals surface area contributed by atoms with Gasteiger partial charge >= 0.3 is 0 Å². The molecule has 0 radical (unpaired) electrons. The molecule has 0 saturated carbocycles. The summed E-state index contributed by atoms with van der Waals surface area (Å²) in [6.07, 6.45) is 1.88. The molecule has 2 rings (SSSR count). The van der Waals surface area contributed by atoms with Gasteiger partial charge in [-0.15, -0.1) is 5.10 Å². The van der Waals surface area contributed by atoms with E-state index in [0.29, 0.717) is 18.0 Å². The standard InChI is InChI=1S/C14H17N5/c1-10(2)13(16)8-19-9-14(17-18-19)12-5-3-11(7-15)4-6-12/h3-6,9-10,13H,8,16H2,1-2H3. The van der Waals surface area contributed by atoms with Crippen molar-refractivity contribution in [2.24, 2.45) is 11.7 Å². The molecule has 0 aliphatic carbocycles. The van der Waals surface area contributed by atoms with Gasteiger partial charge in [0.1, 0.15) is 5.69 Å². The second-order valence-corrected chi connectivity index (χ2v) is 4.92. The van der Waals surface area contributed by atoms with Crippen molar-refractivity contribution in [3.05, 3.63) is 36.0 Å². The van der Waals surface area contributed by atoms with E-state index in [1.54, 1.807) is 16.8 Å². The molecule has 0 amide bonds. The van der Waals surface area contributed by atoms with Gasteiger partial charge < -0.3 is 5.73 Å². The number of benzene rings is 1. The maximum atomic E-state index is 8.76. The number of aromatic nitrogens is 3. The molecule has 1 aromatic heterocycles. The van der Waals surface area contributed by atoms with Gasteiger partial charge in [0.05, 0.1) is 24.4 Å². The first kappa shape index (κ1) is 13.2. The van der Waals surface area contributed by atoms with Gasteiger partial charge in [-0.05, 0) is 18.1 Å². The number of nitriles is 1. The minimum atomic E-state index is 0.0653. The second kappa shape index (κ2) is 5.63. The fourth-order valence-electron chi connectivity index (χ4n) is 1.66. The Morgan fingerprint density at radius 2 is 2.00 bits per heavy atom. The molecule has 1 heterocycles. The molecule has 0 fully saturated rings. The first-order valence-electron chi connectivity index (χ1n) is 6.26. The molecular formula is C14H17N5. The largest absolute Gasteiger partial charge is 0.326 e. The summed E-state index contributed by atoms with van der Waals surface area (Å²) in [5.74, 6) is 0.405. The van der Waals surface area contributed by atoms with E-state index >= 15 is 0 Å². The lowest BCUT2D eigenvalue weighted by Gasteiger charge is -2.14. The van der Waals surface area contributed by atoms with Gasteiger partial charge in [0.25, 0.3) is 0 Å². The lowest BCUT2D eigenvalue weighted by Crippen LogP contribution is -2.31. The number of rotatable bonds is 4. The van der Waals surface area contributed by atoms with Crippen LogP contribution in [0.4, 0.5) is 0 Å². The summed E-state index contributed by atoms with van der Waals surface area (Å²) in [6.45, 7) is 4.83.